The van der Waals surface area contributed by atoms with E-state index in [0.29, 0.717) is 0 Å². The minimum atomic E-state index is -0.476. The zero-order chi connectivity index (χ0) is 8.97. The lowest BCUT2D eigenvalue weighted by Gasteiger charge is -1.92. The summed E-state index contributed by atoms with van der Waals surface area (Å²) in [5.41, 5.74) is 1.82. The summed E-state index contributed by atoms with van der Waals surface area (Å²) in [7, 11) is 0. The topological polar surface area (TPSA) is 30.0 Å². The molecule has 0 amide bonds. The van der Waals surface area contributed by atoms with Crippen LogP contribution in [-0.4, -0.2) is 10.2 Å². The molecule has 0 saturated carbocycles. The third kappa shape index (κ3) is 4.65. The summed E-state index contributed by atoms with van der Waals surface area (Å²) >= 11 is 5.11. The lowest BCUT2D eigenvalue weighted by molar-refractivity contribution is -0.107. The van der Waals surface area contributed by atoms with Crippen LogP contribution >= 0.6 is 24.0 Å². The van der Waals surface area contributed by atoms with Gasteiger partial charge in [0.15, 0.2) is 0 Å². The van der Waals surface area contributed by atoms with Crippen LogP contribution in [-0.2, 0) is 4.79 Å². The van der Waals surface area contributed by atoms with E-state index in [-0.39, 0.29) is 12.4 Å². The van der Waals surface area contributed by atoms with Crippen molar-refractivity contribution in [1.82, 2.24) is 4.98 Å². The molecule has 0 N–H and O–H groups in total. The number of nitrogens with zero attached hydrogens (tertiary/aromatic N) is 1. The van der Waals surface area contributed by atoms with Crippen molar-refractivity contribution in [3.05, 3.63) is 35.7 Å². The van der Waals surface area contributed by atoms with Crippen molar-refractivity contribution in [3.8, 4) is 0 Å². The standard InChI is InChI=1S/C9H8ClNO.ClH/c1-7-2-3-8(6-11-7)4-5-9(10)12;/h2-6H,1H3;1H/b5-4+;. The Hall–Kier alpha value is -0.860. The number of aryl methyl sites for hydroxylation is 1. The first-order valence-electron chi connectivity index (χ1n) is 3.48. The van der Waals surface area contributed by atoms with Crippen molar-refractivity contribution < 1.29 is 4.79 Å². The lowest BCUT2D eigenvalue weighted by atomic mass is 10.2. The van der Waals surface area contributed by atoms with Crippen molar-refractivity contribution >= 4 is 35.3 Å². The molecule has 0 bridgehead atoms. The normalized spacial score (nSPS) is 9.69. The monoisotopic (exact) mass is 217 g/mol. The molecular weight excluding hydrogens is 209 g/mol. The molecule has 1 aromatic rings. The second kappa shape index (κ2) is 5.73. The second-order valence-corrected chi connectivity index (χ2v) is 2.74. The molecule has 1 aromatic heterocycles. The third-order valence-corrected chi connectivity index (χ3v) is 1.47. The lowest BCUT2D eigenvalue weighted by Crippen LogP contribution is -1.81. The molecule has 0 radical (unpaired) electrons. The maximum Gasteiger partial charge on any atom is 0.245 e. The molecule has 0 unspecified atom stereocenters. The fraction of sp³-hybridized carbons (Fsp3) is 0.111. The Kier molecular flexibility index (Phi) is 5.35. The first-order valence-corrected chi connectivity index (χ1v) is 3.86. The maximum atomic E-state index is 10.3. The summed E-state index contributed by atoms with van der Waals surface area (Å²) in [4.78, 5) is 14.4. The van der Waals surface area contributed by atoms with E-state index in [4.69, 9.17) is 11.6 Å². The summed E-state index contributed by atoms with van der Waals surface area (Å²) in [6.07, 6.45) is 4.61. The highest BCUT2D eigenvalue weighted by Crippen LogP contribution is 2.01. The van der Waals surface area contributed by atoms with Crippen LogP contribution in [0.25, 0.3) is 6.08 Å². The van der Waals surface area contributed by atoms with Crippen LogP contribution in [0, 0.1) is 6.92 Å². The van der Waals surface area contributed by atoms with Gasteiger partial charge in [0, 0.05) is 11.9 Å². The molecule has 0 aromatic carbocycles. The Morgan fingerprint density at radius 1 is 1.54 bits per heavy atom. The molecular formula is C9H9Cl2NO. The van der Waals surface area contributed by atoms with Gasteiger partial charge in [-0.25, -0.2) is 0 Å². The number of carbonyl (C=O) groups excluding carboxylic acids is 1. The van der Waals surface area contributed by atoms with Gasteiger partial charge < -0.3 is 0 Å². The zero-order valence-corrected chi connectivity index (χ0v) is 8.60. The van der Waals surface area contributed by atoms with Gasteiger partial charge >= 0.3 is 0 Å². The predicted octanol–water partition coefficient (Wildman–Crippen LogP) is 2.59. The second-order valence-electron chi connectivity index (χ2n) is 2.37. The van der Waals surface area contributed by atoms with Gasteiger partial charge in [-0.15, -0.1) is 12.4 Å². The predicted molar refractivity (Wildman–Crippen MR) is 56.1 cm³/mol. The molecule has 0 fully saturated rings. The van der Waals surface area contributed by atoms with Gasteiger partial charge in [-0.1, -0.05) is 6.07 Å². The molecule has 0 aliphatic rings. The highest BCUT2D eigenvalue weighted by molar-refractivity contribution is 6.66. The minimum Gasteiger partial charge on any atom is -0.276 e. The average molecular weight is 218 g/mol. The van der Waals surface area contributed by atoms with Crippen LogP contribution in [0.1, 0.15) is 11.3 Å². The van der Waals surface area contributed by atoms with Crippen molar-refractivity contribution in [3.63, 3.8) is 0 Å². The Morgan fingerprint density at radius 3 is 2.69 bits per heavy atom. The van der Waals surface area contributed by atoms with Gasteiger partial charge in [0.2, 0.25) is 5.24 Å². The molecule has 0 aliphatic carbocycles. The van der Waals surface area contributed by atoms with Crippen molar-refractivity contribution in [2.45, 2.75) is 6.92 Å². The number of halogens is 2. The first kappa shape index (κ1) is 12.1. The Balaban J connectivity index is 0.00000144. The quantitative estimate of drug-likeness (QED) is 0.564. The number of pyridine rings is 1. The summed E-state index contributed by atoms with van der Waals surface area (Å²) in [6, 6.07) is 3.75. The number of hydrogen-bond donors (Lipinski definition) is 0. The van der Waals surface area contributed by atoms with E-state index in [1.54, 1.807) is 12.3 Å². The number of aromatic nitrogens is 1. The van der Waals surface area contributed by atoms with E-state index < -0.39 is 5.24 Å². The van der Waals surface area contributed by atoms with Crippen LogP contribution in [0.5, 0.6) is 0 Å². The summed E-state index contributed by atoms with van der Waals surface area (Å²) in [6.45, 7) is 1.90. The van der Waals surface area contributed by atoms with E-state index in [1.165, 1.54) is 6.08 Å². The van der Waals surface area contributed by atoms with Crippen LogP contribution in [0.2, 0.25) is 0 Å². The fourth-order valence-corrected chi connectivity index (χ4v) is 0.803. The fourth-order valence-electron chi connectivity index (χ4n) is 0.740. The van der Waals surface area contributed by atoms with E-state index in [1.807, 2.05) is 19.1 Å². The molecule has 13 heavy (non-hydrogen) atoms. The van der Waals surface area contributed by atoms with Gasteiger partial charge in [0.05, 0.1) is 0 Å². The summed E-state index contributed by atoms with van der Waals surface area (Å²) < 4.78 is 0. The molecule has 70 valence electrons. The highest BCUT2D eigenvalue weighted by Gasteiger charge is 1.89. The first-order chi connectivity index (χ1) is 5.68. The van der Waals surface area contributed by atoms with E-state index in [0.717, 1.165) is 11.3 Å². The largest absolute Gasteiger partial charge is 0.276 e. The SMILES string of the molecule is Cc1ccc(/C=C/C(=O)Cl)cn1.Cl. The van der Waals surface area contributed by atoms with Crippen molar-refractivity contribution in [2.24, 2.45) is 0 Å². The van der Waals surface area contributed by atoms with Crippen LogP contribution < -0.4 is 0 Å². The van der Waals surface area contributed by atoms with E-state index >= 15 is 0 Å². The van der Waals surface area contributed by atoms with Crippen LogP contribution in [0.3, 0.4) is 0 Å². The molecule has 4 heteroatoms. The Bertz CT molecular complexity index is 306. The Labute approximate surface area is 88.0 Å². The highest BCUT2D eigenvalue weighted by atomic mass is 35.5. The molecule has 0 saturated heterocycles. The average Bonchev–Trinajstić information content (AvgIpc) is 2.03. The smallest absolute Gasteiger partial charge is 0.245 e. The van der Waals surface area contributed by atoms with Crippen LogP contribution in [0.4, 0.5) is 0 Å². The number of allylic oxidation sites excluding steroid dienone is 1. The van der Waals surface area contributed by atoms with Gasteiger partial charge in [-0.05, 0) is 42.3 Å². The third-order valence-electron chi connectivity index (χ3n) is 1.34. The van der Waals surface area contributed by atoms with Gasteiger partial charge in [-0.2, -0.15) is 0 Å². The molecule has 0 spiro atoms. The number of rotatable bonds is 2. The minimum absolute atomic E-state index is 0. The molecule has 0 atom stereocenters. The molecule has 2 nitrogen and oxygen atoms in total. The molecule has 1 rings (SSSR count). The maximum absolute atomic E-state index is 10.3. The summed E-state index contributed by atoms with van der Waals surface area (Å²) in [5.74, 6) is 0. The number of carbonyl (C=O) groups is 1. The van der Waals surface area contributed by atoms with Gasteiger partial charge in [-0.3, -0.25) is 9.78 Å². The van der Waals surface area contributed by atoms with Crippen LogP contribution in [0.15, 0.2) is 24.4 Å². The Morgan fingerprint density at radius 2 is 2.23 bits per heavy atom. The van der Waals surface area contributed by atoms with Crippen molar-refractivity contribution in [1.29, 1.82) is 0 Å². The van der Waals surface area contributed by atoms with E-state index in [2.05, 4.69) is 4.98 Å². The number of hydrogen-bond acceptors (Lipinski definition) is 2. The van der Waals surface area contributed by atoms with Gasteiger partial charge in [0.1, 0.15) is 0 Å². The van der Waals surface area contributed by atoms with Gasteiger partial charge in [0.25, 0.3) is 0 Å². The molecule has 1 heterocycles. The molecule has 0 aliphatic heterocycles. The zero-order valence-electron chi connectivity index (χ0n) is 7.03. The summed E-state index contributed by atoms with van der Waals surface area (Å²) in [5, 5.41) is -0.476. The van der Waals surface area contributed by atoms with Crippen molar-refractivity contribution in [2.75, 3.05) is 0 Å². The van der Waals surface area contributed by atoms with E-state index in [9.17, 15) is 4.79 Å².